The first kappa shape index (κ1) is 32.8. The van der Waals surface area contributed by atoms with Crippen LogP contribution in [0.25, 0.3) is 11.1 Å². The van der Waals surface area contributed by atoms with Gasteiger partial charge in [-0.25, -0.2) is 0 Å². The molecule has 14 nitrogen and oxygen atoms in total. The Hall–Kier alpha value is -5.10. The first-order chi connectivity index (χ1) is 22.7. The molecule has 0 aromatic heterocycles. The Balaban J connectivity index is 1.48. The van der Waals surface area contributed by atoms with Crippen molar-refractivity contribution in [3.63, 3.8) is 0 Å². The molecule has 0 radical (unpaired) electrons. The first-order valence-electron chi connectivity index (χ1n) is 14.3. The molecular formula is C32H30N8O6S2. The van der Waals surface area contributed by atoms with Crippen molar-refractivity contribution in [2.45, 2.75) is 21.6 Å². The van der Waals surface area contributed by atoms with Crippen molar-refractivity contribution in [2.75, 3.05) is 0 Å². The van der Waals surface area contributed by atoms with Gasteiger partial charge < -0.3 is 23.2 Å². The first-order valence-corrected chi connectivity index (χ1v) is 17.2. The molecule has 0 spiro atoms. The summed E-state index contributed by atoms with van der Waals surface area (Å²) in [5.74, 6) is 11.1. The average Bonchev–Trinajstić information content (AvgIpc) is 3.05. The summed E-state index contributed by atoms with van der Waals surface area (Å²) in [6.45, 7) is 0. The van der Waals surface area contributed by atoms with Crippen molar-refractivity contribution >= 4 is 43.1 Å². The van der Waals surface area contributed by atoms with E-state index in [-0.39, 0.29) is 56.2 Å². The summed E-state index contributed by atoms with van der Waals surface area (Å²) in [4.78, 5) is 0. The fourth-order valence-corrected chi connectivity index (χ4v) is 9.68. The third kappa shape index (κ3) is 4.31. The quantitative estimate of drug-likeness (QED) is 0.0853. The highest BCUT2D eigenvalue weighted by Gasteiger charge is 2.59. The van der Waals surface area contributed by atoms with Crippen molar-refractivity contribution < 1.29 is 25.9 Å². The van der Waals surface area contributed by atoms with E-state index in [4.69, 9.17) is 34.0 Å². The Morgan fingerprint density at radius 3 is 1.17 bits per heavy atom. The van der Waals surface area contributed by atoms with E-state index in [9.17, 15) is 25.9 Å². The molecule has 0 amide bonds. The van der Waals surface area contributed by atoms with Crippen LogP contribution in [0.4, 0.5) is 0 Å². The van der Waals surface area contributed by atoms with Crippen LogP contribution in [-0.2, 0) is 29.7 Å². The van der Waals surface area contributed by atoms with Crippen LogP contribution in [-0.4, -0.2) is 60.9 Å². The van der Waals surface area contributed by atoms with Gasteiger partial charge in [-0.2, -0.15) is 27.0 Å². The summed E-state index contributed by atoms with van der Waals surface area (Å²) in [5, 5.41) is 24.3. The monoisotopic (exact) mass is 686 g/mol. The van der Waals surface area contributed by atoms with Gasteiger partial charge in [-0.05, 0) is 33.4 Å². The van der Waals surface area contributed by atoms with Gasteiger partial charge in [0.15, 0.2) is 9.49 Å². The number of nitrogens with one attached hydrogen (secondary N) is 2. The van der Waals surface area contributed by atoms with Crippen LogP contribution in [0.5, 0.6) is 0 Å². The predicted molar refractivity (Wildman–Crippen MR) is 182 cm³/mol. The second-order valence-electron chi connectivity index (χ2n) is 11.4. The predicted octanol–water partition coefficient (Wildman–Crippen LogP) is 1.66. The van der Waals surface area contributed by atoms with Crippen molar-refractivity contribution in [1.29, 1.82) is 10.8 Å². The molecular weight excluding hydrogens is 657 g/mol. The lowest BCUT2D eigenvalue weighted by Crippen LogP contribution is -2.61. The van der Waals surface area contributed by atoms with Gasteiger partial charge in [0.2, 0.25) is 0 Å². The Labute approximate surface area is 275 Å². The third-order valence-electron chi connectivity index (χ3n) is 9.22. The van der Waals surface area contributed by atoms with Crippen LogP contribution < -0.4 is 23.2 Å². The molecule has 0 saturated heterocycles. The van der Waals surface area contributed by atoms with Crippen LogP contribution in [0.1, 0.15) is 33.4 Å². The number of nitrogens with two attached hydrogens (primary N) is 4. The molecule has 16 heteroatoms. The fourth-order valence-electron chi connectivity index (χ4n) is 7.03. The summed E-state index contributed by atoms with van der Waals surface area (Å²) in [6.07, 6.45) is 0. The molecule has 4 atom stereocenters. The molecule has 0 saturated carbocycles. The highest BCUT2D eigenvalue weighted by atomic mass is 32.2. The lowest BCUT2D eigenvalue weighted by atomic mass is 9.72. The molecule has 0 heterocycles. The van der Waals surface area contributed by atoms with E-state index in [1.807, 2.05) is 0 Å². The van der Waals surface area contributed by atoms with E-state index in [1.165, 1.54) is 48.5 Å². The van der Waals surface area contributed by atoms with Crippen molar-refractivity contribution in [3.8, 4) is 11.1 Å². The highest BCUT2D eigenvalue weighted by Crippen LogP contribution is 2.47. The van der Waals surface area contributed by atoms with Gasteiger partial charge in [0.05, 0.1) is 23.5 Å². The fraction of sp³-hybridized carbons (Fsp3) is 0.125. The molecule has 0 bridgehead atoms. The van der Waals surface area contributed by atoms with Crippen molar-refractivity contribution in [2.24, 2.45) is 33.4 Å². The number of hydrogen-bond acceptors (Lipinski definition) is 12. The molecule has 12 N–H and O–H groups in total. The molecule has 2 aliphatic carbocycles. The Morgan fingerprint density at radius 2 is 0.875 bits per heavy atom. The normalized spacial score (nSPS) is 25.9. The molecule has 4 unspecified atom stereocenters. The summed E-state index contributed by atoms with van der Waals surface area (Å²) in [7, 11) is -10.0. The molecule has 4 aromatic carbocycles. The second-order valence-corrected chi connectivity index (χ2v) is 14.6. The number of fused-ring (bicyclic) bond motifs is 2. The smallest absolute Gasteiger partial charge is 0.281 e. The van der Waals surface area contributed by atoms with E-state index in [2.05, 4.69) is 10.2 Å². The summed E-state index contributed by atoms with van der Waals surface area (Å²) < 4.78 is 70.1. The van der Waals surface area contributed by atoms with E-state index in [1.54, 1.807) is 48.5 Å². The number of hydrogen-bond donors (Lipinski definition) is 8. The maximum atomic E-state index is 13.3. The molecule has 48 heavy (non-hydrogen) atoms. The summed E-state index contributed by atoms with van der Waals surface area (Å²) >= 11 is 0. The molecule has 2 aliphatic rings. The standard InChI is InChI=1S/C32H30N8O6S2/c33-25-21-5-1-3-7-23(21)31(47(41,42)43,29(35)27(25)39-37)19-13-9-17(10-14-19)18-11-15-20(16-12-18)32(48(44,45)46)24-8-4-2-6-22(24)26(34)28(40-38)30(32)36/h1-16,29-30,33-34H,35-38H2,(H,41,42,43)(H,44,45,46). The van der Waals surface area contributed by atoms with Gasteiger partial charge in [0.25, 0.3) is 20.2 Å². The molecule has 4 aromatic rings. The highest BCUT2D eigenvalue weighted by molar-refractivity contribution is 7.87. The van der Waals surface area contributed by atoms with Crippen LogP contribution in [0.2, 0.25) is 0 Å². The minimum Gasteiger partial charge on any atom is -0.323 e. The Morgan fingerprint density at radius 1 is 0.562 bits per heavy atom. The Kier molecular flexibility index (Phi) is 7.70. The van der Waals surface area contributed by atoms with Gasteiger partial charge in [0, 0.05) is 11.1 Å². The number of rotatable bonds is 5. The van der Waals surface area contributed by atoms with E-state index in [0.717, 1.165) is 0 Å². The topological polar surface area (TPSA) is 285 Å². The van der Waals surface area contributed by atoms with Gasteiger partial charge in [-0.15, -0.1) is 0 Å². The van der Waals surface area contributed by atoms with Gasteiger partial charge >= 0.3 is 0 Å². The van der Waals surface area contributed by atoms with E-state index in [0.29, 0.717) is 11.1 Å². The van der Waals surface area contributed by atoms with E-state index >= 15 is 0 Å². The van der Waals surface area contributed by atoms with Crippen LogP contribution >= 0.6 is 0 Å². The maximum Gasteiger partial charge on any atom is 0.281 e. The molecule has 0 aliphatic heterocycles. The zero-order chi connectivity index (χ0) is 34.8. The van der Waals surface area contributed by atoms with Crippen molar-refractivity contribution in [1.82, 2.24) is 0 Å². The number of benzene rings is 4. The largest absolute Gasteiger partial charge is 0.323 e. The summed E-state index contributed by atoms with van der Waals surface area (Å²) in [5.41, 5.74) is 14.0. The average molecular weight is 687 g/mol. The maximum absolute atomic E-state index is 13.3. The van der Waals surface area contributed by atoms with Crippen molar-refractivity contribution in [3.05, 3.63) is 130 Å². The van der Waals surface area contributed by atoms with Crippen LogP contribution in [0, 0.1) is 10.8 Å². The molecule has 246 valence electrons. The lowest BCUT2D eigenvalue weighted by molar-refractivity contribution is 0.434. The third-order valence-corrected chi connectivity index (χ3v) is 12.3. The Bertz CT molecular complexity index is 2130. The SMILES string of the molecule is N=C1C(=NN)C(N)C(c2ccc(-c3ccc(C4(S(=O)(=O)O)c5ccccc5C(=N)C(=NN)C4N)cc3)cc2)(S(=O)(=O)O)c2ccccc21. The van der Waals surface area contributed by atoms with Gasteiger partial charge in [-0.3, -0.25) is 19.9 Å². The van der Waals surface area contributed by atoms with Gasteiger partial charge in [0.1, 0.15) is 11.4 Å². The number of hydrazone groups is 2. The zero-order valence-corrected chi connectivity index (χ0v) is 26.6. The lowest BCUT2D eigenvalue weighted by Gasteiger charge is -2.42. The van der Waals surface area contributed by atoms with Crippen LogP contribution in [0.15, 0.2) is 107 Å². The number of nitrogens with zero attached hydrogens (tertiary/aromatic N) is 2. The minimum absolute atomic E-state index is 0.0857. The zero-order valence-electron chi connectivity index (χ0n) is 24.9. The second kappa shape index (κ2) is 11.3. The molecule has 6 rings (SSSR count). The van der Waals surface area contributed by atoms with Gasteiger partial charge in [-0.1, -0.05) is 97.1 Å². The van der Waals surface area contributed by atoms with E-state index < -0.39 is 41.8 Å². The summed E-state index contributed by atoms with van der Waals surface area (Å²) in [6, 6.07) is 21.5. The minimum atomic E-state index is -5.01. The van der Waals surface area contributed by atoms with Crippen LogP contribution in [0.3, 0.4) is 0 Å². The molecule has 0 fully saturated rings.